The number of ether oxygens (including phenoxy) is 2. The summed E-state index contributed by atoms with van der Waals surface area (Å²) in [6.45, 7) is -1.01. The Kier molecular flexibility index (Phi) is 5.33. The Balaban J connectivity index is 2.48. The first-order chi connectivity index (χ1) is 8.97. The molecular weight excluding hydrogens is 266 g/mol. The van der Waals surface area contributed by atoms with E-state index in [9.17, 15) is 25.1 Å². The van der Waals surface area contributed by atoms with Crippen molar-refractivity contribution in [1.29, 1.82) is 0 Å². The van der Waals surface area contributed by atoms with E-state index in [0.29, 0.717) is 0 Å². The lowest BCUT2D eigenvalue weighted by atomic mass is 10.2. The van der Waals surface area contributed by atoms with E-state index in [2.05, 4.69) is 9.57 Å². The highest BCUT2D eigenvalue weighted by atomic mass is 16.9. The van der Waals surface area contributed by atoms with Crippen LogP contribution in [0.15, 0.2) is 11.5 Å². The Morgan fingerprint density at radius 3 is 2.74 bits per heavy atom. The van der Waals surface area contributed by atoms with E-state index in [1.807, 2.05) is 0 Å². The number of esters is 1. The van der Waals surface area contributed by atoms with Crippen LogP contribution < -0.4 is 0 Å². The highest BCUT2D eigenvalue weighted by Crippen LogP contribution is 2.24. The fraction of sp³-hybridized carbons (Fsp3) is 0.667. The summed E-state index contributed by atoms with van der Waals surface area (Å²) in [6, 6.07) is 0. The Bertz CT molecular complexity index is 380. The molecule has 3 N–H and O–H groups in total. The summed E-state index contributed by atoms with van der Waals surface area (Å²) in [5.74, 6) is -2.19. The first kappa shape index (κ1) is 15.0. The van der Waals surface area contributed by atoms with Crippen molar-refractivity contribution in [3.63, 3.8) is 0 Å². The molecule has 1 aliphatic rings. The first-order valence-electron chi connectivity index (χ1n) is 5.30. The number of hydrogen-bond donors (Lipinski definition) is 3. The van der Waals surface area contributed by atoms with Gasteiger partial charge in [-0.1, -0.05) is 0 Å². The van der Waals surface area contributed by atoms with E-state index >= 15 is 0 Å². The van der Waals surface area contributed by atoms with Gasteiger partial charge in [0.15, 0.2) is 11.9 Å². The molecule has 0 saturated heterocycles. The lowest BCUT2D eigenvalue weighted by Crippen LogP contribution is -2.32. The number of hydrogen-bond acceptors (Lipinski definition) is 9. The Labute approximate surface area is 106 Å². The molecule has 0 aliphatic carbocycles. The summed E-state index contributed by atoms with van der Waals surface area (Å²) in [5, 5.41) is 36.4. The van der Waals surface area contributed by atoms with Gasteiger partial charge in [0.25, 0.3) is 5.09 Å². The number of rotatable bonds is 8. The van der Waals surface area contributed by atoms with Crippen LogP contribution in [0.1, 0.15) is 6.42 Å². The number of nitrogens with zero attached hydrogens (tertiary/aromatic N) is 1. The number of aliphatic hydroxyl groups is 3. The van der Waals surface area contributed by atoms with Gasteiger partial charge in [-0.3, -0.25) is 0 Å². The smallest absolute Gasteiger partial charge is 0.378 e. The molecule has 1 rings (SSSR count). The second kappa shape index (κ2) is 6.75. The lowest BCUT2D eigenvalue weighted by Gasteiger charge is -2.18. The molecule has 0 spiro atoms. The molecule has 0 amide bonds. The van der Waals surface area contributed by atoms with E-state index in [0.717, 1.165) is 0 Å². The molecule has 0 fully saturated rings. The minimum atomic E-state index is -1.43. The highest BCUT2D eigenvalue weighted by molar-refractivity contribution is 5.89. The Morgan fingerprint density at radius 2 is 2.16 bits per heavy atom. The number of carbonyl (C=O) groups is 1. The zero-order valence-electron chi connectivity index (χ0n) is 9.72. The summed E-state index contributed by atoms with van der Waals surface area (Å²) in [6.07, 6.45) is -2.61. The van der Waals surface area contributed by atoms with E-state index in [1.165, 1.54) is 0 Å². The fourth-order valence-corrected chi connectivity index (χ4v) is 1.34. The van der Waals surface area contributed by atoms with Gasteiger partial charge in [0.05, 0.1) is 19.8 Å². The van der Waals surface area contributed by atoms with Crippen LogP contribution in [0.4, 0.5) is 0 Å². The number of aliphatic hydroxyl groups excluding tert-OH is 3. The van der Waals surface area contributed by atoms with Crippen molar-refractivity contribution in [3.05, 3.63) is 21.6 Å². The first-order valence-corrected chi connectivity index (χ1v) is 5.30. The summed E-state index contributed by atoms with van der Waals surface area (Å²) in [7, 11) is 0. The molecule has 0 aromatic carbocycles. The van der Waals surface area contributed by atoms with Gasteiger partial charge in [-0.25, -0.2) is 4.79 Å². The zero-order valence-corrected chi connectivity index (χ0v) is 9.72. The minimum Gasteiger partial charge on any atom is -0.499 e. The molecule has 0 saturated carbocycles. The van der Waals surface area contributed by atoms with Gasteiger partial charge in [-0.05, 0) is 0 Å². The molecule has 10 nitrogen and oxygen atoms in total. The number of cyclic esters (lactones) is 1. The van der Waals surface area contributed by atoms with Crippen molar-refractivity contribution in [3.8, 4) is 0 Å². The van der Waals surface area contributed by atoms with E-state index in [4.69, 9.17) is 9.84 Å². The monoisotopic (exact) mass is 279 g/mol. The second-order valence-corrected chi connectivity index (χ2v) is 3.55. The molecule has 0 aromatic heterocycles. The molecule has 10 heteroatoms. The van der Waals surface area contributed by atoms with Gasteiger partial charge >= 0.3 is 5.97 Å². The largest absolute Gasteiger partial charge is 0.499 e. The van der Waals surface area contributed by atoms with Crippen molar-refractivity contribution in [2.24, 2.45) is 0 Å². The third kappa shape index (κ3) is 3.96. The molecular formula is C9H13NO9. The van der Waals surface area contributed by atoms with Gasteiger partial charge in [-0.2, -0.15) is 0 Å². The van der Waals surface area contributed by atoms with Crippen LogP contribution >= 0.6 is 0 Å². The summed E-state index contributed by atoms with van der Waals surface area (Å²) in [4.78, 5) is 25.0. The SMILES string of the molecule is O=C1OC(C(O)CO)C(OCCCO[N+](=O)[O-])=C1O. The maximum Gasteiger partial charge on any atom is 0.378 e. The predicted molar refractivity (Wildman–Crippen MR) is 56.1 cm³/mol. The van der Waals surface area contributed by atoms with Gasteiger partial charge in [-0.15, -0.1) is 10.1 Å². The van der Waals surface area contributed by atoms with Crippen LogP contribution in [0.25, 0.3) is 0 Å². The van der Waals surface area contributed by atoms with Crippen LogP contribution in [-0.4, -0.2) is 58.4 Å². The van der Waals surface area contributed by atoms with Crippen LogP contribution in [0.2, 0.25) is 0 Å². The van der Waals surface area contributed by atoms with Gasteiger partial charge in [0, 0.05) is 6.42 Å². The standard InChI is InChI=1S/C9H13NO9/c11-4-5(12)7-8(6(13)9(14)19-7)17-2-1-3-18-10(15)16/h5,7,11-13H,1-4H2. The van der Waals surface area contributed by atoms with Crippen molar-refractivity contribution in [2.75, 3.05) is 19.8 Å². The average Bonchev–Trinajstić information content (AvgIpc) is 2.65. The highest BCUT2D eigenvalue weighted by Gasteiger charge is 2.40. The lowest BCUT2D eigenvalue weighted by molar-refractivity contribution is -0.757. The Hall–Kier alpha value is -2.07. The van der Waals surface area contributed by atoms with Gasteiger partial charge in [0.1, 0.15) is 6.10 Å². The van der Waals surface area contributed by atoms with Crippen LogP contribution in [0.5, 0.6) is 0 Å². The molecule has 0 radical (unpaired) electrons. The molecule has 2 unspecified atom stereocenters. The minimum absolute atomic E-state index is 0.0987. The molecule has 1 aliphatic heterocycles. The van der Waals surface area contributed by atoms with Gasteiger partial charge < -0.3 is 29.6 Å². The second-order valence-electron chi connectivity index (χ2n) is 3.55. The van der Waals surface area contributed by atoms with Crippen molar-refractivity contribution < 1.29 is 39.5 Å². The molecule has 19 heavy (non-hydrogen) atoms. The molecule has 0 aromatic rings. The van der Waals surface area contributed by atoms with Crippen molar-refractivity contribution in [1.82, 2.24) is 0 Å². The topological polar surface area (TPSA) is 149 Å². The van der Waals surface area contributed by atoms with Crippen molar-refractivity contribution in [2.45, 2.75) is 18.6 Å². The normalized spacial score (nSPS) is 20.1. The molecule has 2 atom stereocenters. The van der Waals surface area contributed by atoms with E-state index in [-0.39, 0.29) is 25.4 Å². The molecule has 1 heterocycles. The van der Waals surface area contributed by atoms with Crippen LogP contribution in [0.3, 0.4) is 0 Å². The fourth-order valence-electron chi connectivity index (χ4n) is 1.34. The van der Waals surface area contributed by atoms with E-state index in [1.54, 1.807) is 0 Å². The van der Waals surface area contributed by atoms with Crippen LogP contribution in [0, 0.1) is 10.1 Å². The molecule has 108 valence electrons. The number of carbonyl (C=O) groups excluding carboxylic acids is 1. The predicted octanol–water partition coefficient (Wildman–Crippen LogP) is -1.35. The van der Waals surface area contributed by atoms with E-state index < -0.39 is 35.6 Å². The quantitative estimate of drug-likeness (QED) is 0.212. The molecule has 0 bridgehead atoms. The average molecular weight is 279 g/mol. The Morgan fingerprint density at radius 1 is 1.47 bits per heavy atom. The maximum absolute atomic E-state index is 11.1. The summed E-state index contributed by atoms with van der Waals surface area (Å²) < 4.78 is 9.61. The summed E-state index contributed by atoms with van der Waals surface area (Å²) in [5.41, 5.74) is 0. The third-order valence-corrected chi connectivity index (χ3v) is 2.20. The third-order valence-electron chi connectivity index (χ3n) is 2.20. The van der Waals surface area contributed by atoms with Crippen LogP contribution in [-0.2, 0) is 19.1 Å². The maximum atomic E-state index is 11.1. The summed E-state index contributed by atoms with van der Waals surface area (Å²) >= 11 is 0. The zero-order chi connectivity index (χ0) is 14.4. The van der Waals surface area contributed by atoms with Crippen molar-refractivity contribution >= 4 is 5.97 Å². The van der Waals surface area contributed by atoms with Gasteiger partial charge in [0.2, 0.25) is 5.76 Å².